The van der Waals surface area contributed by atoms with Gasteiger partial charge in [-0.2, -0.15) is 0 Å². The minimum absolute atomic E-state index is 0.218. The zero-order valence-electron chi connectivity index (χ0n) is 12.2. The van der Waals surface area contributed by atoms with E-state index in [-0.39, 0.29) is 12.4 Å². The molecular weight excluding hydrogens is 287 g/mol. The minimum Gasteiger partial charge on any atom is -0.450 e. The lowest BCUT2D eigenvalue weighted by molar-refractivity contribution is 0.168. The molecule has 7 heteroatoms. The van der Waals surface area contributed by atoms with Crippen molar-refractivity contribution in [1.29, 1.82) is 0 Å². The number of amides is 1. The molecule has 0 atom stereocenters. The zero-order valence-corrected chi connectivity index (χ0v) is 12.2. The highest BCUT2D eigenvalue weighted by Crippen LogP contribution is 2.09. The first kappa shape index (κ1) is 15.7. The Bertz CT molecular complexity index is 619. The Balaban J connectivity index is 1.81. The number of aromatic nitrogens is 2. The van der Waals surface area contributed by atoms with E-state index in [4.69, 9.17) is 4.74 Å². The molecule has 1 aromatic carbocycles. The summed E-state index contributed by atoms with van der Waals surface area (Å²) < 4.78 is 18.2. The monoisotopic (exact) mass is 304 g/mol. The molecule has 1 aromatic heterocycles. The Hall–Kier alpha value is -2.70. The molecule has 22 heavy (non-hydrogen) atoms. The third-order valence-electron chi connectivity index (χ3n) is 2.83. The van der Waals surface area contributed by atoms with Crippen LogP contribution in [-0.4, -0.2) is 29.4 Å². The van der Waals surface area contributed by atoms with Gasteiger partial charge in [-0.15, -0.1) is 10.2 Å². The summed E-state index contributed by atoms with van der Waals surface area (Å²) in [6.45, 7) is 2.53. The van der Waals surface area contributed by atoms with Gasteiger partial charge < -0.3 is 10.1 Å². The summed E-state index contributed by atoms with van der Waals surface area (Å²) in [6.07, 6.45) is -0.0333. The van der Waals surface area contributed by atoms with Gasteiger partial charge in [-0.1, -0.05) is 18.2 Å². The van der Waals surface area contributed by atoms with E-state index in [1.54, 1.807) is 37.3 Å². The SMILES string of the molecule is CCOC(=O)Nc1ccc(NCCc2ccccc2F)nn1. The molecule has 0 saturated carbocycles. The maximum absolute atomic E-state index is 13.4. The predicted molar refractivity (Wildman–Crippen MR) is 81.3 cm³/mol. The van der Waals surface area contributed by atoms with E-state index >= 15 is 0 Å². The fourth-order valence-electron chi connectivity index (χ4n) is 1.79. The van der Waals surface area contributed by atoms with Crippen molar-refractivity contribution in [1.82, 2.24) is 10.2 Å². The second kappa shape index (κ2) is 7.92. The van der Waals surface area contributed by atoms with Crippen LogP contribution >= 0.6 is 0 Å². The molecule has 1 amide bonds. The number of hydrogen-bond acceptors (Lipinski definition) is 5. The highest BCUT2D eigenvalue weighted by atomic mass is 19.1. The molecule has 0 unspecified atom stereocenters. The van der Waals surface area contributed by atoms with Crippen molar-refractivity contribution in [3.8, 4) is 0 Å². The van der Waals surface area contributed by atoms with E-state index < -0.39 is 6.09 Å². The van der Waals surface area contributed by atoms with E-state index in [9.17, 15) is 9.18 Å². The van der Waals surface area contributed by atoms with Crippen molar-refractivity contribution in [2.45, 2.75) is 13.3 Å². The fourth-order valence-corrected chi connectivity index (χ4v) is 1.79. The number of benzene rings is 1. The van der Waals surface area contributed by atoms with Crippen molar-refractivity contribution >= 4 is 17.7 Å². The summed E-state index contributed by atoms with van der Waals surface area (Å²) in [5, 5.41) is 13.3. The topological polar surface area (TPSA) is 76.1 Å². The predicted octanol–water partition coefficient (Wildman–Crippen LogP) is 2.84. The second-order valence-corrected chi connectivity index (χ2v) is 4.42. The summed E-state index contributed by atoms with van der Waals surface area (Å²) in [6, 6.07) is 9.92. The van der Waals surface area contributed by atoms with Crippen molar-refractivity contribution in [3.63, 3.8) is 0 Å². The number of hydrogen-bond donors (Lipinski definition) is 2. The summed E-state index contributed by atoms with van der Waals surface area (Å²) in [4.78, 5) is 11.2. The van der Waals surface area contributed by atoms with Crippen molar-refractivity contribution < 1.29 is 13.9 Å². The number of nitrogens with zero attached hydrogens (tertiary/aromatic N) is 2. The maximum Gasteiger partial charge on any atom is 0.412 e. The van der Waals surface area contributed by atoms with Gasteiger partial charge in [0.1, 0.15) is 11.6 Å². The van der Waals surface area contributed by atoms with Crippen molar-refractivity contribution in [2.24, 2.45) is 0 Å². The number of rotatable bonds is 6. The zero-order chi connectivity index (χ0) is 15.8. The van der Waals surface area contributed by atoms with Gasteiger partial charge >= 0.3 is 6.09 Å². The van der Waals surface area contributed by atoms with E-state index in [0.29, 0.717) is 30.2 Å². The third-order valence-corrected chi connectivity index (χ3v) is 2.83. The molecular formula is C15H17FN4O2. The van der Waals surface area contributed by atoms with Crippen LogP contribution in [0.4, 0.5) is 20.8 Å². The van der Waals surface area contributed by atoms with Crippen LogP contribution < -0.4 is 10.6 Å². The molecule has 116 valence electrons. The number of nitrogens with one attached hydrogen (secondary N) is 2. The Morgan fingerprint density at radius 3 is 2.59 bits per heavy atom. The number of carbonyl (C=O) groups excluding carboxylic acids is 1. The van der Waals surface area contributed by atoms with Gasteiger partial charge in [0.25, 0.3) is 0 Å². The number of ether oxygens (including phenoxy) is 1. The van der Waals surface area contributed by atoms with Gasteiger partial charge in [-0.3, -0.25) is 5.32 Å². The molecule has 0 aliphatic heterocycles. The first-order valence-corrected chi connectivity index (χ1v) is 6.94. The molecule has 6 nitrogen and oxygen atoms in total. The standard InChI is InChI=1S/C15H17FN4O2/c1-2-22-15(21)18-14-8-7-13(19-20-14)17-10-9-11-5-3-4-6-12(11)16/h3-8H,2,9-10H2,1H3,(H,17,19)(H,18,20,21). The summed E-state index contributed by atoms with van der Waals surface area (Å²) in [7, 11) is 0. The summed E-state index contributed by atoms with van der Waals surface area (Å²) >= 11 is 0. The van der Waals surface area contributed by atoms with Gasteiger partial charge in [0.15, 0.2) is 5.82 Å². The highest BCUT2D eigenvalue weighted by Gasteiger charge is 2.04. The van der Waals surface area contributed by atoms with Crippen LogP contribution in [0, 0.1) is 5.82 Å². The normalized spacial score (nSPS) is 10.1. The molecule has 0 bridgehead atoms. The highest BCUT2D eigenvalue weighted by molar-refractivity contribution is 5.83. The van der Waals surface area contributed by atoms with Gasteiger partial charge in [-0.05, 0) is 37.1 Å². The third kappa shape index (κ3) is 4.69. The quantitative estimate of drug-likeness (QED) is 0.858. The molecule has 2 aromatic rings. The number of halogens is 1. The second-order valence-electron chi connectivity index (χ2n) is 4.42. The molecule has 0 aliphatic rings. The smallest absolute Gasteiger partial charge is 0.412 e. The van der Waals surface area contributed by atoms with Crippen molar-refractivity contribution in [2.75, 3.05) is 23.8 Å². The Morgan fingerprint density at radius 1 is 1.18 bits per heavy atom. The van der Waals surface area contributed by atoms with E-state index in [1.165, 1.54) is 6.07 Å². The van der Waals surface area contributed by atoms with Crippen molar-refractivity contribution in [3.05, 3.63) is 47.8 Å². The molecule has 0 aliphatic carbocycles. The van der Waals surface area contributed by atoms with E-state index in [1.807, 2.05) is 0 Å². The summed E-state index contributed by atoms with van der Waals surface area (Å²) in [5.41, 5.74) is 0.642. The lowest BCUT2D eigenvalue weighted by Crippen LogP contribution is -2.15. The lowest BCUT2D eigenvalue weighted by Gasteiger charge is -2.07. The molecule has 1 heterocycles. The lowest BCUT2D eigenvalue weighted by atomic mass is 10.1. The molecule has 0 spiro atoms. The van der Waals surface area contributed by atoms with Crippen LogP contribution in [0.1, 0.15) is 12.5 Å². The van der Waals surface area contributed by atoms with Crippen LogP contribution in [0.3, 0.4) is 0 Å². The molecule has 2 rings (SSSR count). The van der Waals surface area contributed by atoms with Crippen LogP contribution in [0.5, 0.6) is 0 Å². The maximum atomic E-state index is 13.4. The fraction of sp³-hybridized carbons (Fsp3) is 0.267. The van der Waals surface area contributed by atoms with Crippen LogP contribution in [0.2, 0.25) is 0 Å². The molecule has 0 fully saturated rings. The van der Waals surface area contributed by atoms with Gasteiger partial charge in [0.05, 0.1) is 6.61 Å². The average molecular weight is 304 g/mol. The van der Waals surface area contributed by atoms with Gasteiger partial charge in [-0.25, -0.2) is 9.18 Å². The average Bonchev–Trinajstić information content (AvgIpc) is 2.51. The minimum atomic E-state index is -0.572. The largest absolute Gasteiger partial charge is 0.450 e. The Kier molecular flexibility index (Phi) is 5.65. The number of carbonyl (C=O) groups is 1. The summed E-state index contributed by atoms with van der Waals surface area (Å²) in [5.74, 6) is 0.633. The Morgan fingerprint density at radius 2 is 1.91 bits per heavy atom. The molecule has 0 saturated heterocycles. The Labute approximate surface area is 127 Å². The van der Waals surface area contributed by atoms with Crippen LogP contribution in [0.25, 0.3) is 0 Å². The number of anilines is 2. The van der Waals surface area contributed by atoms with Crippen LogP contribution in [-0.2, 0) is 11.2 Å². The van der Waals surface area contributed by atoms with Gasteiger partial charge in [0.2, 0.25) is 0 Å². The van der Waals surface area contributed by atoms with Crippen LogP contribution in [0.15, 0.2) is 36.4 Å². The molecule has 2 N–H and O–H groups in total. The van der Waals surface area contributed by atoms with E-state index in [2.05, 4.69) is 20.8 Å². The van der Waals surface area contributed by atoms with Gasteiger partial charge in [0, 0.05) is 6.54 Å². The first-order chi connectivity index (χ1) is 10.7. The first-order valence-electron chi connectivity index (χ1n) is 6.94. The molecule has 0 radical (unpaired) electrons. The van der Waals surface area contributed by atoms with E-state index in [0.717, 1.165) is 0 Å².